The van der Waals surface area contributed by atoms with E-state index in [4.69, 9.17) is 0 Å². The van der Waals surface area contributed by atoms with Gasteiger partial charge in [0.2, 0.25) is 0 Å². The van der Waals surface area contributed by atoms with Crippen molar-refractivity contribution in [2.24, 2.45) is 0 Å². The van der Waals surface area contributed by atoms with Crippen molar-refractivity contribution in [3.63, 3.8) is 0 Å². The van der Waals surface area contributed by atoms with E-state index in [2.05, 4.69) is 76.3 Å². The van der Waals surface area contributed by atoms with Crippen molar-refractivity contribution >= 4 is 29.0 Å². The van der Waals surface area contributed by atoms with Crippen molar-refractivity contribution < 1.29 is 0 Å². The van der Waals surface area contributed by atoms with Gasteiger partial charge in [0.25, 0.3) is 0 Å². The maximum absolute atomic E-state index is 2.33. The maximum Gasteiger partial charge on any atom is -0.00336 e. The van der Waals surface area contributed by atoms with E-state index >= 15 is 0 Å². The van der Waals surface area contributed by atoms with Crippen LogP contribution in [0.1, 0.15) is 45.2 Å². The molecule has 0 bridgehead atoms. The number of fused-ring (bicyclic) bond motifs is 1. The third kappa shape index (κ3) is 2.56. The van der Waals surface area contributed by atoms with Crippen LogP contribution in [0.5, 0.6) is 0 Å². The third-order valence-electron chi connectivity index (χ3n) is 3.81. The van der Waals surface area contributed by atoms with E-state index in [1.165, 1.54) is 32.3 Å². The molecule has 0 unspecified atom stereocenters. The Morgan fingerprint density at radius 1 is 0.900 bits per heavy atom. The first-order valence-corrected chi connectivity index (χ1v) is 7.60. The van der Waals surface area contributed by atoms with Crippen LogP contribution in [-0.2, 0) is 6.42 Å². The van der Waals surface area contributed by atoms with Gasteiger partial charge in [-0.3, -0.25) is 0 Å². The summed E-state index contributed by atoms with van der Waals surface area (Å²) in [4.78, 5) is 0. The minimum absolute atomic E-state index is 1.07. The molecule has 0 N–H and O–H groups in total. The number of rotatable bonds is 3. The molecule has 0 heteroatoms. The number of aryl methyl sites for hydroxylation is 1. The summed E-state index contributed by atoms with van der Waals surface area (Å²) in [5.41, 5.74) is 2.76. The summed E-state index contributed by atoms with van der Waals surface area (Å²) in [6.07, 6.45) is 11.0. The highest BCUT2D eigenvalue weighted by atomic mass is 14.1. The van der Waals surface area contributed by atoms with Crippen LogP contribution in [0.3, 0.4) is 0 Å². The highest BCUT2D eigenvalue weighted by molar-refractivity contribution is 5.94. The summed E-state index contributed by atoms with van der Waals surface area (Å²) < 4.78 is 0. The number of benzene rings is 2. The van der Waals surface area contributed by atoms with E-state index in [-0.39, 0.29) is 0 Å². The van der Waals surface area contributed by atoms with Crippen molar-refractivity contribution in [1.29, 1.82) is 0 Å². The van der Waals surface area contributed by atoms with E-state index in [0.29, 0.717) is 0 Å². The zero-order chi connectivity index (χ0) is 14.5. The highest BCUT2D eigenvalue weighted by Gasteiger charge is 2.06. The Morgan fingerprint density at radius 2 is 1.65 bits per heavy atom. The van der Waals surface area contributed by atoms with Crippen molar-refractivity contribution in [1.82, 2.24) is 0 Å². The quantitative estimate of drug-likeness (QED) is 0.769. The summed E-state index contributed by atoms with van der Waals surface area (Å²) in [5, 5.41) is 5.53. The molecule has 2 aromatic carbocycles. The predicted molar refractivity (Wildman–Crippen MR) is 92.2 cm³/mol. The second kappa shape index (κ2) is 6.56. The van der Waals surface area contributed by atoms with Crippen LogP contribution >= 0.6 is 0 Å². The van der Waals surface area contributed by atoms with Gasteiger partial charge >= 0.3 is 0 Å². The largest absolute Gasteiger partial charge is 0.0870 e. The van der Waals surface area contributed by atoms with Crippen molar-refractivity contribution in [3.05, 3.63) is 51.9 Å². The SMILES string of the molecule is C/C=C\c1ccc(CC)c2/c(=C\CC)cc/c(=C/C)c12. The van der Waals surface area contributed by atoms with Crippen LogP contribution in [0.15, 0.2) is 30.3 Å². The first kappa shape index (κ1) is 14.6. The Balaban J connectivity index is 3.10. The van der Waals surface area contributed by atoms with Crippen LogP contribution < -0.4 is 10.4 Å². The van der Waals surface area contributed by atoms with Gasteiger partial charge in [-0.1, -0.05) is 62.4 Å². The minimum atomic E-state index is 1.07. The molecule has 0 saturated heterocycles. The maximum atomic E-state index is 2.33. The van der Waals surface area contributed by atoms with Crippen LogP contribution in [0, 0.1) is 0 Å². The van der Waals surface area contributed by atoms with Gasteiger partial charge in [-0.05, 0) is 59.0 Å². The number of hydrogen-bond donors (Lipinski definition) is 0. The fourth-order valence-electron chi connectivity index (χ4n) is 2.89. The molecule has 0 aliphatic rings. The van der Waals surface area contributed by atoms with Crippen LogP contribution in [-0.4, -0.2) is 0 Å². The zero-order valence-electron chi connectivity index (χ0n) is 13.0. The second-order valence-electron chi connectivity index (χ2n) is 5.06. The Bertz CT molecular complexity index is 746. The lowest BCUT2D eigenvalue weighted by molar-refractivity contribution is 1.16. The summed E-state index contributed by atoms with van der Waals surface area (Å²) in [6.45, 7) is 8.64. The molecule has 0 aliphatic heterocycles. The fourth-order valence-corrected chi connectivity index (χ4v) is 2.89. The van der Waals surface area contributed by atoms with E-state index in [9.17, 15) is 0 Å². The first-order chi connectivity index (χ1) is 9.76. The van der Waals surface area contributed by atoms with Gasteiger partial charge in [-0.25, -0.2) is 0 Å². The van der Waals surface area contributed by atoms with E-state index in [1.807, 2.05) is 0 Å². The molecule has 0 heterocycles. The monoisotopic (exact) mass is 264 g/mol. The summed E-state index contributed by atoms with van der Waals surface area (Å²) in [5.74, 6) is 0. The molecule has 0 saturated carbocycles. The Hall–Kier alpha value is -1.82. The number of allylic oxidation sites excluding steroid dienone is 1. The van der Waals surface area contributed by atoms with Gasteiger partial charge in [0, 0.05) is 0 Å². The van der Waals surface area contributed by atoms with Crippen LogP contribution in [0.4, 0.5) is 0 Å². The lowest BCUT2D eigenvalue weighted by Gasteiger charge is -2.10. The molecule has 2 aromatic rings. The lowest BCUT2D eigenvalue weighted by atomic mass is 9.94. The van der Waals surface area contributed by atoms with E-state index < -0.39 is 0 Å². The minimum Gasteiger partial charge on any atom is -0.0870 e. The first-order valence-electron chi connectivity index (χ1n) is 7.60. The molecule has 104 valence electrons. The van der Waals surface area contributed by atoms with E-state index in [0.717, 1.165) is 12.8 Å². The molecular weight excluding hydrogens is 240 g/mol. The van der Waals surface area contributed by atoms with Gasteiger partial charge in [-0.2, -0.15) is 0 Å². The normalized spacial score (nSPS) is 13.8. The van der Waals surface area contributed by atoms with Crippen LogP contribution in [0.25, 0.3) is 29.0 Å². The van der Waals surface area contributed by atoms with Crippen molar-refractivity contribution in [3.8, 4) is 0 Å². The van der Waals surface area contributed by atoms with Gasteiger partial charge in [0.15, 0.2) is 0 Å². The average molecular weight is 264 g/mol. The molecule has 2 rings (SSSR count). The molecule has 0 nitrogen and oxygen atoms in total. The van der Waals surface area contributed by atoms with Crippen molar-refractivity contribution in [2.75, 3.05) is 0 Å². The molecule has 0 radical (unpaired) electrons. The molecule has 0 amide bonds. The Labute approximate surface area is 122 Å². The van der Waals surface area contributed by atoms with Gasteiger partial charge in [-0.15, -0.1) is 0 Å². The average Bonchev–Trinajstić information content (AvgIpc) is 2.48. The Kier molecular flexibility index (Phi) is 4.79. The second-order valence-corrected chi connectivity index (χ2v) is 5.06. The predicted octanol–water partition coefficient (Wildman–Crippen LogP) is 4.43. The smallest absolute Gasteiger partial charge is 0.00336 e. The third-order valence-corrected chi connectivity index (χ3v) is 3.81. The molecule has 0 fully saturated rings. The molecule has 0 atom stereocenters. The highest BCUT2D eigenvalue weighted by Crippen LogP contribution is 2.19. The van der Waals surface area contributed by atoms with Gasteiger partial charge in [0.05, 0.1) is 0 Å². The number of hydrogen-bond acceptors (Lipinski definition) is 0. The molecule has 20 heavy (non-hydrogen) atoms. The fraction of sp³-hybridized carbons (Fsp3) is 0.300. The van der Waals surface area contributed by atoms with Crippen molar-refractivity contribution in [2.45, 2.75) is 40.5 Å². The molecule has 0 aliphatic carbocycles. The van der Waals surface area contributed by atoms with Crippen LogP contribution in [0.2, 0.25) is 0 Å². The lowest BCUT2D eigenvalue weighted by Crippen LogP contribution is -2.14. The summed E-state index contributed by atoms with van der Waals surface area (Å²) >= 11 is 0. The Morgan fingerprint density at radius 3 is 2.25 bits per heavy atom. The van der Waals surface area contributed by atoms with Gasteiger partial charge < -0.3 is 0 Å². The summed E-state index contributed by atoms with van der Waals surface area (Å²) in [7, 11) is 0. The standard InChI is InChI=1S/C20H24/c1-5-9-17-13-11-16(8-4)20-18(10-6-2)14-12-15(7-3)19(17)20/h5,7,9-14H,6,8H2,1-4H3/b9-5-,15-7-,18-10-. The molecule has 0 spiro atoms. The zero-order valence-corrected chi connectivity index (χ0v) is 13.0. The molecular formula is C20H24. The molecule has 0 aromatic heterocycles. The van der Waals surface area contributed by atoms with E-state index in [1.54, 1.807) is 0 Å². The topological polar surface area (TPSA) is 0 Å². The summed E-state index contributed by atoms with van der Waals surface area (Å²) in [6, 6.07) is 9.05. The van der Waals surface area contributed by atoms with Gasteiger partial charge in [0.1, 0.15) is 0 Å².